The van der Waals surface area contributed by atoms with Gasteiger partial charge in [-0.1, -0.05) is 55.5 Å². The van der Waals surface area contributed by atoms with Crippen molar-refractivity contribution in [1.29, 1.82) is 0 Å². The van der Waals surface area contributed by atoms with Gasteiger partial charge in [0, 0.05) is 48.9 Å². The monoisotopic (exact) mass is 960 g/mol. The summed E-state index contributed by atoms with van der Waals surface area (Å²) in [5, 5.41) is 3.35. The summed E-state index contributed by atoms with van der Waals surface area (Å²) in [5.41, 5.74) is 3.36. The molecule has 11 nitrogen and oxygen atoms in total. The molecule has 3 radical (unpaired) electrons. The highest BCUT2D eigenvalue weighted by Crippen LogP contribution is 2.51. The number of hydrogen-bond acceptors (Lipinski definition) is 9. The second-order valence-electron chi connectivity index (χ2n) is 18.1. The predicted molar refractivity (Wildman–Crippen MR) is 265 cm³/mol. The van der Waals surface area contributed by atoms with E-state index in [1.165, 1.54) is 48.2 Å². The average Bonchev–Trinajstić information content (AvgIpc) is 3.24. The number of hydrogen-bond donors (Lipinski definition) is 1. The number of ether oxygens (including phenoxy) is 2. The fourth-order valence-electron chi connectivity index (χ4n) is 6.88. The lowest BCUT2D eigenvalue weighted by molar-refractivity contribution is -0.121. The summed E-state index contributed by atoms with van der Waals surface area (Å²) in [6, 6.07) is 19.2. The highest BCUT2D eigenvalue weighted by molar-refractivity contribution is 7.53. The molecule has 0 saturated carbocycles. The molecule has 0 unspecified atom stereocenters. The van der Waals surface area contributed by atoms with Crippen LogP contribution in [0, 0.1) is 23.4 Å². The summed E-state index contributed by atoms with van der Waals surface area (Å²) < 4.78 is 71.2. The van der Waals surface area contributed by atoms with Crippen LogP contribution in [0.15, 0.2) is 78.4 Å². The number of carbonyl (C=O) groups is 3. The Hall–Kier alpha value is -4.43. The van der Waals surface area contributed by atoms with Gasteiger partial charge in [0.2, 0.25) is 0 Å². The van der Waals surface area contributed by atoms with Gasteiger partial charge in [-0.2, -0.15) is 0 Å². The third-order valence-electron chi connectivity index (χ3n) is 10.1. The van der Waals surface area contributed by atoms with Crippen molar-refractivity contribution in [3.63, 3.8) is 0 Å². The predicted octanol–water partition coefficient (Wildman–Crippen LogP) is 12.3. The summed E-state index contributed by atoms with van der Waals surface area (Å²) in [5.74, 6) is 0.328. The van der Waals surface area contributed by atoms with E-state index < -0.39 is 18.8 Å². The standard InChI is InChI=1S/C17H22FNO2.C12H16FN.C11H16FO3P.C10H17NO3.CH4.B.H2/c1-17(2,3)21-16(20)19-10-8-14(9-11-19)12-13-4-6-15(18)7-5-13;13-12-3-1-10(2-4-12)9-11-5-7-14-8-6-11;1-3-14-16(13,15-4-2)9-10-5-7-11(12)8-6-10;1-10(2,3)14-9(13)11-6-4-8(12)5-7-11;;;/h4-7,12H,8-11H2,1-3H3;1-4,11,14H,5-9H2;5-8H,3-4,9H2,1-2H3;4-7H2,1-3H3;1H4;;1H/i;;;;;;1+1. The van der Waals surface area contributed by atoms with Gasteiger partial charge < -0.3 is 33.6 Å². The molecule has 0 spiro atoms. The zero-order valence-electron chi connectivity index (χ0n) is 40.2. The first-order valence-corrected chi connectivity index (χ1v) is 24.4. The number of ketones is 1. The van der Waals surface area contributed by atoms with Crippen LogP contribution in [0.4, 0.5) is 22.8 Å². The van der Waals surface area contributed by atoms with Crippen molar-refractivity contribution in [2.75, 3.05) is 52.5 Å². The number of halogens is 3. The molecule has 3 fully saturated rings. The summed E-state index contributed by atoms with van der Waals surface area (Å²) >= 11 is 0. The third-order valence-corrected chi connectivity index (χ3v) is 12.2. The summed E-state index contributed by atoms with van der Waals surface area (Å²) in [6.07, 6.45) is 7.86. The fraction of sp³-hybridized carbons (Fsp3) is 0.549. The molecule has 0 bridgehead atoms. The van der Waals surface area contributed by atoms with Crippen LogP contribution in [0.5, 0.6) is 0 Å². The molecule has 1 N–H and O–H groups in total. The van der Waals surface area contributed by atoms with Crippen molar-refractivity contribution >= 4 is 40.1 Å². The van der Waals surface area contributed by atoms with Crippen molar-refractivity contribution in [2.24, 2.45) is 5.92 Å². The van der Waals surface area contributed by atoms with E-state index >= 15 is 0 Å². The number of piperidine rings is 3. The van der Waals surface area contributed by atoms with Crippen molar-refractivity contribution in [3.05, 3.63) is 113 Å². The average molecular weight is 960 g/mol. The Bertz CT molecular complexity index is 1960. The van der Waals surface area contributed by atoms with Crippen molar-refractivity contribution in [3.8, 4) is 0 Å². The van der Waals surface area contributed by atoms with Gasteiger partial charge in [0.05, 0.1) is 19.4 Å². The summed E-state index contributed by atoms with van der Waals surface area (Å²) in [4.78, 5) is 37.7. The lowest BCUT2D eigenvalue weighted by Gasteiger charge is -2.31. The first-order valence-electron chi connectivity index (χ1n) is 22.7. The fourth-order valence-corrected chi connectivity index (χ4v) is 8.58. The molecule has 3 aromatic carbocycles. The van der Waals surface area contributed by atoms with Gasteiger partial charge in [0.25, 0.3) is 0 Å². The van der Waals surface area contributed by atoms with Gasteiger partial charge in [-0.3, -0.25) is 9.36 Å². The van der Waals surface area contributed by atoms with Crippen LogP contribution in [-0.2, 0) is 40.5 Å². The molecule has 3 saturated heterocycles. The number of carbonyl (C=O) groups excluding carboxylic acids is 3. The van der Waals surface area contributed by atoms with E-state index in [4.69, 9.17) is 18.5 Å². The topological polar surface area (TPSA) is 124 Å². The van der Waals surface area contributed by atoms with Crippen molar-refractivity contribution in [2.45, 2.75) is 125 Å². The molecule has 3 aliphatic rings. The minimum Gasteiger partial charge on any atom is -0.444 e. The zero-order valence-corrected chi connectivity index (χ0v) is 41.1. The van der Waals surface area contributed by atoms with Crippen LogP contribution in [0.3, 0.4) is 0 Å². The second kappa shape index (κ2) is 30.1. The summed E-state index contributed by atoms with van der Waals surface area (Å²) in [6.45, 7) is 19.9. The molecule has 0 atom stereocenters. The van der Waals surface area contributed by atoms with Gasteiger partial charge >= 0.3 is 19.8 Å². The Balaban J connectivity index is 0.000000880. The van der Waals surface area contributed by atoms with Crippen LogP contribution in [0.1, 0.15) is 119 Å². The normalized spacial score (nSPS) is 15.4. The molecule has 6 rings (SSSR count). The van der Waals surface area contributed by atoms with Gasteiger partial charge in [-0.15, -0.1) is 0 Å². The van der Waals surface area contributed by atoms with E-state index in [1.54, 1.807) is 60.0 Å². The molecule has 373 valence electrons. The summed E-state index contributed by atoms with van der Waals surface area (Å²) in [7, 11) is -3.08. The molecular weight excluding hydrogens is 881 g/mol. The van der Waals surface area contributed by atoms with E-state index in [2.05, 4.69) is 11.4 Å². The lowest BCUT2D eigenvalue weighted by Crippen LogP contribution is -2.41. The van der Waals surface area contributed by atoms with Crippen molar-refractivity contribution in [1.82, 2.24) is 15.1 Å². The molecule has 16 heteroatoms. The molecule has 3 heterocycles. The zero-order chi connectivity index (χ0) is 48.0. The smallest absolute Gasteiger partial charge is 0.410 e. The quantitative estimate of drug-likeness (QED) is 0.165. The molecule has 67 heavy (non-hydrogen) atoms. The van der Waals surface area contributed by atoms with Crippen LogP contribution in [0.2, 0.25) is 0 Å². The SMILES string of the molecule is C.CC(C)(C)OC(=O)N1CCC(=Cc2ccc(F)cc2)CC1.CC(C)(C)OC(=O)N1CCC(=O)CC1.CCOP(=O)(Cc1ccc(F)cc1)OCC.Fc1ccc(CC2CCNCC2)cc1.[2HH].[B]. The van der Waals surface area contributed by atoms with E-state index in [9.17, 15) is 32.1 Å². The lowest BCUT2D eigenvalue weighted by atomic mass is 9.91. The maximum absolute atomic E-state index is 12.9. The van der Waals surface area contributed by atoms with E-state index in [-0.39, 0.29) is 58.8 Å². The highest BCUT2D eigenvalue weighted by atomic mass is 31.2. The van der Waals surface area contributed by atoms with Crippen LogP contribution >= 0.6 is 7.60 Å². The Morgan fingerprint density at radius 3 is 1.48 bits per heavy atom. The van der Waals surface area contributed by atoms with Crippen LogP contribution in [-0.4, -0.2) is 99.9 Å². The molecule has 3 aliphatic heterocycles. The van der Waals surface area contributed by atoms with Crippen molar-refractivity contribution < 1.29 is 52.1 Å². The van der Waals surface area contributed by atoms with E-state index in [0.29, 0.717) is 52.2 Å². The number of amides is 2. The van der Waals surface area contributed by atoms with Crippen LogP contribution in [0.25, 0.3) is 6.08 Å². The molecule has 0 aromatic heterocycles. The van der Waals surface area contributed by atoms with Gasteiger partial charge in [-0.05, 0) is 160 Å². The maximum Gasteiger partial charge on any atom is 0.410 e. The maximum atomic E-state index is 12.9. The van der Waals surface area contributed by atoms with Crippen LogP contribution < -0.4 is 5.32 Å². The number of nitrogens with one attached hydrogen (secondary N) is 1. The van der Waals surface area contributed by atoms with Gasteiger partial charge in [-0.25, -0.2) is 22.8 Å². The Morgan fingerprint density at radius 2 is 1.07 bits per heavy atom. The first-order chi connectivity index (χ1) is 30.7. The van der Waals surface area contributed by atoms with Gasteiger partial charge in [0.1, 0.15) is 34.4 Å². The first kappa shape index (κ1) is 60.6. The molecule has 0 aliphatic carbocycles. The molecule has 3 aromatic rings. The molecular formula is C51H77BF3N3O8P. The minimum atomic E-state index is -3.08. The third kappa shape index (κ3) is 25.5. The Labute approximate surface area is 402 Å². The number of Topliss-reactive ketones (excluding diaryl/α,β-unsaturated/α-hetero) is 1. The molecule has 2 amide bonds. The van der Waals surface area contributed by atoms with Gasteiger partial charge in [0.15, 0.2) is 0 Å². The number of benzene rings is 3. The Kier molecular flexibility index (Phi) is 27.3. The number of rotatable bonds is 9. The highest BCUT2D eigenvalue weighted by Gasteiger charge is 2.27. The largest absolute Gasteiger partial charge is 0.444 e. The minimum absolute atomic E-state index is 0. The number of nitrogens with zero attached hydrogens (tertiary/aromatic N) is 2. The number of likely N-dealkylation sites (tertiary alicyclic amines) is 2. The van der Waals surface area contributed by atoms with E-state index in [1.807, 2.05) is 53.7 Å². The second-order valence-corrected chi connectivity index (χ2v) is 20.1. The van der Waals surface area contributed by atoms with E-state index in [0.717, 1.165) is 49.4 Å². The Morgan fingerprint density at radius 1 is 0.687 bits per heavy atom.